The Hall–Kier alpha value is -0.870. The molecule has 1 aliphatic rings. The lowest BCUT2D eigenvalue weighted by Gasteiger charge is -2.36. The van der Waals surface area contributed by atoms with Crippen LogP contribution < -0.4 is 5.43 Å². The number of benzene rings is 1. The van der Waals surface area contributed by atoms with E-state index < -0.39 is 7.75 Å². The topological polar surface area (TPSA) is 50.8 Å². The van der Waals surface area contributed by atoms with Crippen molar-refractivity contribution < 1.29 is 13.6 Å². The Morgan fingerprint density at radius 1 is 1.15 bits per heavy atom. The molecule has 1 N–H and O–H groups in total. The summed E-state index contributed by atoms with van der Waals surface area (Å²) in [4.78, 5) is 0. The second-order valence-corrected chi connectivity index (χ2v) is 7.26. The minimum atomic E-state index is -3.34. The summed E-state index contributed by atoms with van der Waals surface area (Å²) in [5, 5.41) is 0. The van der Waals surface area contributed by atoms with Gasteiger partial charge in [0.05, 0.1) is 17.9 Å². The molecule has 0 fully saturated rings. The molecule has 0 saturated heterocycles. The quantitative estimate of drug-likeness (QED) is 0.837. The number of nitrogens with zero attached hydrogens (tertiary/aromatic N) is 1. The van der Waals surface area contributed by atoms with E-state index in [9.17, 15) is 4.57 Å². The zero-order valence-electron chi connectivity index (χ0n) is 12.5. The number of nitrogens with one attached hydrogen (secondary N) is 1. The number of fused-ring (bicyclic) bond motifs is 1. The molecule has 112 valence electrons. The van der Waals surface area contributed by atoms with Crippen LogP contribution in [0.4, 0.5) is 5.69 Å². The molecule has 0 aromatic heterocycles. The molecule has 1 aromatic rings. The van der Waals surface area contributed by atoms with Gasteiger partial charge in [-0.1, -0.05) is 18.2 Å². The van der Waals surface area contributed by atoms with Gasteiger partial charge in [-0.2, -0.15) is 0 Å². The van der Waals surface area contributed by atoms with Crippen molar-refractivity contribution in [3.8, 4) is 0 Å². The Morgan fingerprint density at radius 2 is 1.75 bits per heavy atom. The van der Waals surface area contributed by atoms with Crippen LogP contribution in [0, 0.1) is 0 Å². The summed E-state index contributed by atoms with van der Waals surface area (Å²) >= 11 is 0. The van der Waals surface area contributed by atoms with Crippen LogP contribution in [0.2, 0.25) is 0 Å². The molecule has 2 rings (SSSR count). The summed E-state index contributed by atoms with van der Waals surface area (Å²) < 4.78 is 25.8. The van der Waals surface area contributed by atoms with E-state index in [0.29, 0.717) is 6.54 Å². The molecular weight excluding hydrogens is 275 g/mol. The summed E-state index contributed by atoms with van der Waals surface area (Å²) in [6, 6.07) is 7.99. The SMILES string of the molecule is CC(C)OP(=O)(OC(C)C)N1CCc2ccccc2N1. The van der Waals surface area contributed by atoms with Gasteiger partial charge in [0.1, 0.15) is 0 Å². The van der Waals surface area contributed by atoms with E-state index in [1.807, 2.05) is 45.9 Å². The first-order valence-corrected chi connectivity index (χ1v) is 8.49. The van der Waals surface area contributed by atoms with E-state index in [0.717, 1.165) is 12.1 Å². The van der Waals surface area contributed by atoms with Crippen molar-refractivity contribution >= 4 is 13.4 Å². The molecule has 0 bridgehead atoms. The number of hydrazine groups is 1. The molecule has 0 saturated carbocycles. The number of para-hydroxylation sites is 1. The Labute approximate surface area is 120 Å². The van der Waals surface area contributed by atoms with Gasteiger partial charge in [0, 0.05) is 6.54 Å². The van der Waals surface area contributed by atoms with Crippen LogP contribution in [0.15, 0.2) is 24.3 Å². The van der Waals surface area contributed by atoms with Gasteiger partial charge in [0.25, 0.3) is 0 Å². The van der Waals surface area contributed by atoms with E-state index in [-0.39, 0.29) is 12.2 Å². The zero-order valence-corrected chi connectivity index (χ0v) is 13.4. The monoisotopic (exact) mass is 298 g/mol. The largest absolute Gasteiger partial charge is 0.426 e. The molecule has 1 aromatic carbocycles. The molecular formula is C14H23N2O3P. The van der Waals surface area contributed by atoms with Crippen LogP contribution in [0.1, 0.15) is 33.3 Å². The molecule has 20 heavy (non-hydrogen) atoms. The molecule has 0 atom stereocenters. The maximum absolute atomic E-state index is 13.0. The van der Waals surface area contributed by atoms with Crippen LogP contribution in [-0.4, -0.2) is 23.5 Å². The molecule has 6 heteroatoms. The lowest BCUT2D eigenvalue weighted by molar-refractivity contribution is 0.110. The maximum Gasteiger partial charge on any atom is 0.426 e. The van der Waals surface area contributed by atoms with E-state index in [4.69, 9.17) is 9.05 Å². The van der Waals surface area contributed by atoms with Crippen molar-refractivity contribution in [2.45, 2.75) is 46.3 Å². The molecule has 1 aliphatic heterocycles. The maximum atomic E-state index is 13.0. The van der Waals surface area contributed by atoms with Crippen LogP contribution in [0.5, 0.6) is 0 Å². The van der Waals surface area contributed by atoms with Crippen molar-refractivity contribution in [3.05, 3.63) is 29.8 Å². The van der Waals surface area contributed by atoms with Gasteiger partial charge < -0.3 is 5.43 Å². The van der Waals surface area contributed by atoms with Crippen molar-refractivity contribution in [2.24, 2.45) is 0 Å². The van der Waals surface area contributed by atoms with Gasteiger partial charge >= 0.3 is 7.75 Å². The average molecular weight is 298 g/mol. The fourth-order valence-corrected chi connectivity index (χ4v) is 4.04. The Bertz CT molecular complexity index is 491. The minimum Gasteiger partial charge on any atom is -0.309 e. The average Bonchev–Trinajstić information content (AvgIpc) is 2.36. The van der Waals surface area contributed by atoms with Crippen LogP contribution in [0.25, 0.3) is 0 Å². The van der Waals surface area contributed by atoms with Gasteiger partial charge in [-0.3, -0.25) is 9.05 Å². The molecule has 1 heterocycles. The smallest absolute Gasteiger partial charge is 0.309 e. The van der Waals surface area contributed by atoms with Crippen LogP contribution in [0.3, 0.4) is 0 Å². The summed E-state index contributed by atoms with van der Waals surface area (Å²) in [6.07, 6.45) is 0.480. The van der Waals surface area contributed by atoms with E-state index >= 15 is 0 Å². The molecule has 0 radical (unpaired) electrons. The summed E-state index contributed by atoms with van der Waals surface area (Å²) in [7, 11) is -3.34. The van der Waals surface area contributed by atoms with Gasteiger partial charge in [-0.15, -0.1) is 4.78 Å². The van der Waals surface area contributed by atoms with Gasteiger partial charge in [0.15, 0.2) is 0 Å². The molecule has 0 spiro atoms. The molecule has 0 unspecified atom stereocenters. The molecule has 5 nitrogen and oxygen atoms in total. The highest BCUT2D eigenvalue weighted by Crippen LogP contribution is 2.54. The van der Waals surface area contributed by atoms with Crippen molar-refractivity contribution in [1.29, 1.82) is 0 Å². The number of rotatable bonds is 5. The summed E-state index contributed by atoms with van der Waals surface area (Å²) in [5.74, 6) is 0. The highest BCUT2D eigenvalue weighted by atomic mass is 31.2. The Kier molecular flexibility index (Phi) is 4.86. The minimum absolute atomic E-state index is 0.168. The van der Waals surface area contributed by atoms with E-state index in [2.05, 4.69) is 11.5 Å². The lowest BCUT2D eigenvalue weighted by Crippen LogP contribution is -2.36. The number of anilines is 1. The lowest BCUT2D eigenvalue weighted by atomic mass is 10.1. The predicted octanol–water partition coefficient (Wildman–Crippen LogP) is 3.83. The second kappa shape index (κ2) is 6.27. The zero-order chi connectivity index (χ0) is 14.8. The standard InChI is InChI=1S/C14H23N2O3P/c1-11(2)18-20(17,19-12(3)4)16-10-9-13-7-5-6-8-14(13)15-16/h5-8,11-12,15H,9-10H2,1-4H3. The van der Waals surface area contributed by atoms with Gasteiger partial charge in [-0.05, 0) is 45.7 Å². The second-order valence-electron chi connectivity index (χ2n) is 5.42. The summed E-state index contributed by atoms with van der Waals surface area (Å²) in [5.41, 5.74) is 5.34. The highest BCUT2D eigenvalue weighted by molar-refractivity contribution is 7.51. The molecule has 0 aliphatic carbocycles. The third kappa shape index (κ3) is 3.61. The van der Waals surface area contributed by atoms with Gasteiger partial charge in [0.2, 0.25) is 0 Å². The van der Waals surface area contributed by atoms with E-state index in [1.165, 1.54) is 5.56 Å². The van der Waals surface area contributed by atoms with Crippen molar-refractivity contribution in [1.82, 2.24) is 4.78 Å². The third-order valence-corrected chi connectivity index (χ3v) is 5.11. The van der Waals surface area contributed by atoms with Crippen LogP contribution >= 0.6 is 7.75 Å². The predicted molar refractivity (Wildman–Crippen MR) is 80.5 cm³/mol. The Balaban J connectivity index is 2.21. The Morgan fingerprint density at radius 3 is 2.35 bits per heavy atom. The third-order valence-electron chi connectivity index (χ3n) is 2.84. The highest BCUT2D eigenvalue weighted by Gasteiger charge is 2.38. The first-order valence-electron chi connectivity index (χ1n) is 7.00. The van der Waals surface area contributed by atoms with Crippen molar-refractivity contribution in [2.75, 3.05) is 12.0 Å². The number of hydrogen-bond donors (Lipinski definition) is 1. The van der Waals surface area contributed by atoms with Crippen molar-refractivity contribution in [3.63, 3.8) is 0 Å². The fraction of sp³-hybridized carbons (Fsp3) is 0.571. The van der Waals surface area contributed by atoms with Crippen LogP contribution in [-0.2, 0) is 20.0 Å². The normalized spacial score (nSPS) is 16.3. The van der Waals surface area contributed by atoms with E-state index in [1.54, 1.807) is 4.78 Å². The fourth-order valence-electron chi connectivity index (χ4n) is 2.12. The summed E-state index contributed by atoms with van der Waals surface area (Å²) in [6.45, 7) is 8.01. The van der Waals surface area contributed by atoms with Gasteiger partial charge in [-0.25, -0.2) is 4.57 Å². The number of hydrogen-bond acceptors (Lipinski definition) is 4. The molecule has 0 amide bonds. The first-order chi connectivity index (χ1) is 9.40. The first kappa shape index (κ1) is 15.5.